The maximum Gasteiger partial charge on any atom is 0.251 e. The molecule has 1 aromatic rings. The number of aliphatic hydroxyl groups excluding tert-OH is 1. The summed E-state index contributed by atoms with van der Waals surface area (Å²) in [4.78, 5) is 12.0. The van der Waals surface area contributed by atoms with Crippen molar-refractivity contribution in [3.05, 3.63) is 35.1 Å². The minimum absolute atomic E-state index is 0.184. The fraction of sp³-hybridized carbons (Fsp3) is 0.438. The Hall–Kier alpha value is -1.51. The van der Waals surface area contributed by atoms with Crippen molar-refractivity contribution in [1.29, 1.82) is 0 Å². The Morgan fingerprint density at radius 2 is 2.33 bits per heavy atom. The number of hydrogen-bond donors (Lipinski definition) is 2. The Morgan fingerprint density at radius 1 is 1.48 bits per heavy atom. The highest BCUT2D eigenvalue weighted by molar-refractivity contribution is 7.99. The zero-order chi connectivity index (χ0) is 15.1. The van der Waals surface area contributed by atoms with Crippen molar-refractivity contribution in [3.8, 4) is 11.8 Å². The summed E-state index contributed by atoms with van der Waals surface area (Å²) >= 11 is 1.88. The number of carbonyl (C=O) groups excluding carboxylic acids is 1. The van der Waals surface area contributed by atoms with E-state index in [4.69, 9.17) is 5.11 Å². The molecule has 5 heteroatoms. The van der Waals surface area contributed by atoms with Gasteiger partial charge in [0.1, 0.15) is 12.4 Å². The first-order valence-electron chi connectivity index (χ1n) is 7.00. The smallest absolute Gasteiger partial charge is 0.251 e. The molecule has 1 heterocycles. The predicted molar refractivity (Wildman–Crippen MR) is 82.8 cm³/mol. The molecule has 2 rings (SSSR count). The lowest BCUT2D eigenvalue weighted by Crippen LogP contribution is -2.31. The largest absolute Gasteiger partial charge is 0.384 e. The van der Waals surface area contributed by atoms with Crippen LogP contribution >= 0.6 is 11.8 Å². The molecule has 0 saturated carbocycles. The standard InChI is InChI=1S/C16H18FNO2S/c17-15-10-13(7-6-12(15)4-3-8-19)16(20)18-11-14-5-1-2-9-21-14/h6-7,10,14,19H,1-2,5,8-9,11H2,(H,18,20). The second-order valence-electron chi connectivity index (χ2n) is 4.85. The topological polar surface area (TPSA) is 49.3 Å². The average molecular weight is 307 g/mol. The van der Waals surface area contributed by atoms with E-state index in [1.165, 1.54) is 25.0 Å². The van der Waals surface area contributed by atoms with Gasteiger partial charge in [0.2, 0.25) is 0 Å². The molecule has 112 valence electrons. The summed E-state index contributed by atoms with van der Waals surface area (Å²) in [6.07, 6.45) is 3.58. The number of aliphatic hydroxyl groups is 1. The molecule has 1 aromatic carbocycles. The first kappa shape index (κ1) is 15.9. The summed E-state index contributed by atoms with van der Waals surface area (Å²) in [6, 6.07) is 4.20. The van der Waals surface area contributed by atoms with Crippen LogP contribution in [0, 0.1) is 17.7 Å². The van der Waals surface area contributed by atoms with E-state index in [1.807, 2.05) is 11.8 Å². The molecule has 1 unspecified atom stereocenters. The van der Waals surface area contributed by atoms with E-state index in [0.717, 1.165) is 12.2 Å². The normalized spacial score (nSPS) is 17.7. The Bertz CT molecular complexity index is 559. The highest BCUT2D eigenvalue weighted by Crippen LogP contribution is 2.24. The van der Waals surface area contributed by atoms with Crippen molar-refractivity contribution in [2.24, 2.45) is 0 Å². The number of hydrogen-bond acceptors (Lipinski definition) is 3. The van der Waals surface area contributed by atoms with Crippen LogP contribution in [0.3, 0.4) is 0 Å². The van der Waals surface area contributed by atoms with Gasteiger partial charge < -0.3 is 10.4 Å². The molecular weight excluding hydrogens is 289 g/mol. The molecule has 0 aliphatic carbocycles. The number of halogens is 1. The van der Waals surface area contributed by atoms with E-state index in [9.17, 15) is 9.18 Å². The molecule has 1 saturated heterocycles. The van der Waals surface area contributed by atoms with Crippen LogP contribution < -0.4 is 5.32 Å². The third-order valence-corrected chi connectivity index (χ3v) is 4.70. The number of rotatable bonds is 3. The highest BCUT2D eigenvalue weighted by atomic mass is 32.2. The first-order valence-corrected chi connectivity index (χ1v) is 8.04. The van der Waals surface area contributed by atoms with Gasteiger partial charge in [0.25, 0.3) is 5.91 Å². The van der Waals surface area contributed by atoms with Crippen molar-refractivity contribution in [2.75, 3.05) is 18.9 Å². The van der Waals surface area contributed by atoms with Gasteiger partial charge >= 0.3 is 0 Å². The highest BCUT2D eigenvalue weighted by Gasteiger charge is 2.15. The van der Waals surface area contributed by atoms with E-state index >= 15 is 0 Å². The molecule has 0 spiro atoms. The summed E-state index contributed by atoms with van der Waals surface area (Å²) in [6.45, 7) is 0.303. The van der Waals surface area contributed by atoms with Crippen LogP contribution in [-0.4, -0.2) is 35.2 Å². The maximum atomic E-state index is 13.8. The van der Waals surface area contributed by atoms with Gasteiger partial charge in [-0.1, -0.05) is 18.3 Å². The summed E-state index contributed by atoms with van der Waals surface area (Å²) in [5, 5.41) is 11.9. The Labute approximate surface area is 128 Å². The van der Waals surface area contributed by atoms with Gasteiger partial charge in [-0.05, 0) is 36.8 Å². The van der Waals surface area contributed by atoms with Crippen molar-refractivity contribution in [2.45, 2.75) is 24.5 Å². The molecule has 0 aromatic heterocycles. The quantitative estimate of drug-likeness (QED) is 0.842. The monoisotopic (exact) mass is 307 g/mol. The third kappa shape index (κ3) is 4.76. The lowest BCUT2D eigenvalue weighted by atomic mass is 10.1. The van der Waals surface area contributed by atoms with E-state index in [2.05, 4.69) is 17.2 Å². The Kier molecular flexibility index (Phi) is 6.09. The lowest BCUT2D eigenvalue weighted by Gasteiger charge is -2.21. The lowest BCUT2D eigenvalue weighted by molar-refractivity contribution is 0.0953. The van der Waals surface area contributed by atoms with Crippen LogP contribution in [0.5, 0.6) is 0 Å². The van der Waals surface area contributed by atoms with Gasteiger partial charge in [0.15, 0.2) is 0 Å². The van der Waals surface area contributed by atoms with Crippen molar-refractivity contribution < 1.29 is 14.3 Å². The molecule has 1 fully saturated rings. The Balaban J connectivity index is 1.94. The van der Waals surface area contributed by atoms with Crippen molar-refractivity contribution >= 4 is 17.7 Å². The van der Waals surface area contributed by atoms with Crippen LogP contribution in [0.2, 0.25) is 0 Å². The molecule has 1 aliphatic heterocycles. The second-order valence-corrected chi connectivity index (χ2v) is 6.26. The Morgan fingerprint density at radius 3 is 3.00 bits per heavy atom. The summed E-state index contributed by atoms with van der Waals surface area (Å²) < 4.78 is 13.8. The molecule has 0 radical (unpaired) electrons. The first-order chi connectivity index (χ1) is 10.2. The van der Waals surface area contributed by atoms with Crippen LogP contribution in [0.25, 0.3) is 0 Å². The van der Waals surface area contributed by atoms with Gasteiger partial charge in [-0.25, -0.2) is 4.39 Å². The van der Waals surface area contributed by atoms with E-state index in [-0.39, 0.29) is 18.1 Å². The molecule has 1 aliphatic rings. The summed E-state index contributed by atoms with van der Waals surface area (Å²) in [7, 11) is 0. The van der Waals surface area contributed by atoms with Gasteiger partial charge in [-0.3, -0.25) is 4.79 Å². The molecule has 3 nitrogen and oxygen atoms in total. The zero-order valence-corrected chi connectivity index (χ0v) is 12.5. The van der Waals surface area contributed by atoms with Crippen molar-refractivity contribution in [3.63, 3.8) is 0 Å². The van der Waals surface area contributed by atoms with Crippen LogP contribution in [0.4, 0.5) is 4.39 Å². The number of benzene rings is 1. The maximum absolute atomic E-state index is 13.8. The van der Waals surface area contributed by atoms with Gasteiger partial charge in [-0.2, -0.15) is 11.8 Å². The number of nitrogens with one attached hydrogen (secondary N) is 1. The van der Waals surface area contributed by atoms with Crippen LogP contribution in [0.15, 0.2) is 18.2 Å². The van der Waals surface area contributed by atoms with Gasteiger partial charge in [-0.15, -0.1) is 0 Å². The summed E-state index contributed by atoms with van der Waals surface area (Å²) in [5.41, 5.74) is 0.478. The molecule has 1 atom stereocenters. The minimum Gasteiger partial charge on any atom is -0.384 e. The molecule has 1 amide bonds. The molecule has 2 N–H and O–H groups in total. The second kappa shape index (κ2) is 8.06. The van der Waals surface area contributed by atoms with Crippen LogP contribution in [-0.2, 0) is 0 Å². The van der Waals surface area contributed by atoms with E-state index < -0.39 is 5.82 Å². The zero-order valence-electron chi connectivity index (χ0n) is 11.7. The predicted octanol–water partition coefficient (Wildman–Crippen LogP) is 2.19. The van der Waals surface area contributed by atoms with Crippen LogP contribution in [0.1, 0.15) is 35.2 Å². The van der Waals surface area contributed by atoms with Gasteiger partial charge in [0.05, 0.1) is 5.56 Å². The van der Waals surface area contributed by atoms with E-state index in [1.54, 1.807) is 6.07 Å². The minimum atomic E-state index is -0.546. The molecule has 21 heavy (non-hydrogen) atoms. The number of thioether (sulfide) groups is 1. The number of amides is 1. The van der Waals surface area contributed by atoms with E-state index in [0.29, 0.717) is 17.4 Å². The SMILES string of the molecule is O=C(NCC1CCCCS1)c1ccc(C#CCO)c(F)c1. The summed E-state index contributed by atoms with van der Waals surface area (Å²) in [5.74, 6) is 5.23. The fourth-order valence-corrected chi connectivity index (χ4v) is 3.41. The van der Waals surface area contributed by atoms with Crippen molar-refractivity contribution in [1.82, 2.24) is 5.32 Å². The third-order valence-electron chi connectivity index (χ3n) is 3.30. The molecule has 0 bridgehead atoms. The van der Waals surface area contributed by atoms with Gasteiger partial charge in [0, 0.05) is 17.4 Å². The number of carbonyl (C=O) groups is 1. The fourth-order valence-electron chi connectivity index (χ4n) is 2.17. The molecular formula is C16H18FNO2S. The average Bonchev–Trinajstić information content (AvgIpc) is 2.52.